The van der Waals surface area contributed by atoms with Gasteiger partial charge in [-0.2, -0.15) is 0 Å². The van der Waals surface area contributed by atoms with Crippen LogP contribution >= 0.6 is 0 Å². The van der Waals surface area contributed by atoms with Crippen LogP contribution in [-0.2, 0) is 10.0 Å². The molecular formula is C13H14N2O3S. The van der Waals surface area contributed by atoms with Gasteiger partial charge < -0.3 is 4.74 Å². The maximum Gasteiger partial charge on any atom is 0.264 e. The molecule has 0 bridgehead atoms. The number of ether oxygens (including phenoxy) is 1. The molecule has 1 heterocycles. The standard InChI is InChI=1S/C13H14N2O3S/c1-15(11-4-3-9-14-10-11)19(16,17)13-7-5-12(18-2)6-8-13/h3-10H,1-2H3. The Balaban J connectivity index is 2.36. The van der Waals surface area contributed by atoms with Crippen LogP contribution in [0.5, 0.6) is 5.75 Å². The van der Waals surface area contributed by atoms with E-state index in [1.165, 1.54) is 36.8 Å². The number of methoxy groups -OCH3 is 1. The molecule has 19 heavy (non-hydrogen) atoms. The number of aromatic nitrogens is 1. The first-order valence-electron chi connectivity index (χ1n) is 5.59. The lowest BCUT2D eigenvalue weighted by molar-refractivity contribution is 0.414. The second-order valence-electron chi connectivity index (χ2n) is 3.86. The number of anilines is 1. The number of pyridine rings is 1. The molecule has 1 aromatic carbocycles. The van der Waals surface area contributed by atoms with Gasteiger partial charge >= 0.3 is 0 Å². The molecule has 5 nitrogen and oxygen atoms in total. The van der Waals surface area contributed by atoms with Crippen molar-refractivity contribution in [1.29, 1.82) is 0 Å². The van der Waals surface area contributed by atoms with E-state index >= 15 is 0 Å². The molecule has 0 saturated heterocycles. The molecule has 0 atom stereocenters. The van der Waals surface area contributed by atoms with Gasteiger partial charge in [0.1, 0.15) is 5.75 Å². The van der Waals surface area contributed by atoms with Crippen LogP contribution in [0, 0.1) is 0 Å². The number of benzene rings is 1. The Bertz CT molecular complexity index is 639. The van der Waals surface area contributed by atoms with Gasteiger partial charge in [0.05, 0.1) is 23.9 Å². The summed E-state index contributed by atoms with van der Waals surface area (Å²) in [6, 6.07) is 9.64. The average molecular weight is 278 g/mol. The highest BCUT2D eigenvalue weighted by molar-refractivity contribution is 7.92. The number of sulfonamides is 1. The first-order chi connectivity index (χ1) is 9.05. The molecule has 0 radical (unpaired) electrons. The molecule has 1 aromatic heterocycles. The molecule has 0 aliphatic heterocycles. The Morgan fingerprint density at radius 3 is 2.37 bits per heavy atom. The van der Waals surface area contributed by atoms with Gasteiger partial charge in [0.15, 0.2) is 0 Å². The van der Waals surface area contributed by atoms with Crippen LogP contribution in [0.2, 0.25) is 0 Å². The summed E-state index contributed by atoms with van der Waals surface area (Å²) < 4.78 is 31.0. The van der Waals surface area contributed by atoms with E-state index in [2.05, 4.69) is 4.98 Å². The van der Waals surface area contributed by atoms with Gasteiger partial charge in [0.25, 0.3) is 10.0 Å². The lowest BCUT2D eigenvalue weighted by Gasteiger charge is -2.19. The van der Waals surface area contributed by atoms with Gasteiger partial charge in [-0.25, -0.2) is 8.42 Å². The molecule has 0 fully saturated rings. The number of hydrogen-bond acceptors (Lipinski definition) is 4. The van der Waals surface area contributed by atoms with Gasteiger partial charge in [-0.1, -0.05) is 0 Å². The fourth-order valence-corrected chi connectivity index (χ4v) is 2.77. The smallest absolute Gasteiger partial charge is 0.264 e. The van der Waals surface area contributed by atoms with E-state index in [4.69, 9.17) is 4.74 Å². The van der Waals surface area contributed by atoms with E-state index in [1.807, 2.05) is 0 Å². The predicted molar refractivity (Wildman–Crippen MR) is 72.8 cm³/mol. The third-order valence-electron chi connectivity index (χ3n) is 2.73. The molecule has 0 aliphatic rings. The van der Waals surface area contributed by atoms with Crippen LogP contribution in [-0.4, -0.2) is 27.6 Å². The van der Waals surface area contributed by atoms with Crippen molar-refractivity contribution in [2.24, 2.45) is 0 Å². The zero-order chi connectivity index (χ0) is 13.9. The second kappa shape index (κ2) is 5.27. The van der Waals surface area contributed by atoms with Gasteiger partial charge in [-0.3, -0.25) is 9.29 Å². The van der Waals surface area contributed by atoms with Gasteiger partial charge in [-0.05, 0) is 36.4 Å². The van der Waals surface area contributed by atoms with Crippen molar-refractivity contribution in [3.05, 3.63) is 48.8 Å². The average Bonchev–Trinajstić information content (AvgIpc) is 2.47. The third-order valence-corrected chi connectivity index (χ3v) is 4.53. The summed E-state index contributed by atoms with van der Waals surface area (Å²) >= 11 is 0. The minimum absolute atomic E-state index is 0.208. The van der Waals surface area contributed by atoms with Crippen molar-refractivity contribution in [3.8, 4) is 5.75 Å². The molecule has 2 aromatic rings. The molecule has 6 heteroatoms. The van der Waals surface area contributed by atoms with E-state index < -0.39 is 10.0 Å². The van der Waals surface area contributed by atoms with Crippen molar-refractivity contribution in [2.45, 2.75) is 4.90 Å². The molecule has 0 spiro atoms. The fourth-order valence-electron chi connectivity index (χ4n) is 1.58. The van der Waals surface area contributed by atoms with Crippen molar-refractivity contribution < 1.29 is 13.2 Å². The van der Waals surface area contributed by atoms with E-state index in [-0.39, 0.29) is 4.90 Å². The Hall–Kier alpha value is -2.08. The van der Waals surface area contributed by atoms with Crippen LogP contribution in [0.3, 0.4) is 0 Å². The number of rotatable bonds is 4. The van der Waals surface area contributed by atoms with Crippen molar-refractivity contribution in [1.82, 2.24) is 4.98 Å². The van der Waals surface area contributed by atoms with Gasteiger partial charge in [-0.15, -0.1) is 0 Å². The maximum atomic E-state index is 12.4. The molecule has 2 rings (SSSR count). The predicted octanol–water partition coefficient (Wildman–Crippen LogP) is 1.92. The Morgan fingerprint density at radius 2 is 1.84 bits per heavy atom. The molecule has 0 unspecified atom stereocenters. The number of hydrogen-bond donors (Lipinski definition) is 0. The molecule has 0 aliphatic carbocycles. The van der Waals surface area contributed by atoms with E-state index in [1.54, 1.807) is 30.5 Å². The van der Waals surface area contributed by atoms with Crippen LogP contribution in [0.1, 0.15) is 0 Å². The van der Waals surface area contributed by atoms with E-state index in [0.29, 0.717) is 11.4 Å². The maximum absolute atomic E-state index is 12.4. The second-order valence-corrected chi connectivity index (χ2v) is 5.83. The SMILES string of the molecule is COc1ccc(S(=O)(=O)N(C)c2cccnc2)cc1. The largest absolute Gasteiger partial charge is 0.497 e. The highest BCUT2D eigenvalue weighted by atomic mass is 32.2. The van der Waals surface area contributed by atoms with E-state index in [0.717, 1.165) is 0 Å². The topological polar surface area (TPSA) is 59.5 Å². The first kappa shape index (κ1) is 13.4. The highest BCUT2D eigenvalue weighted by Crippen LogP contribution is 2.22. The van der Waals surface area contributed by atoms with Crippen LogP contribution in [0.25, 0.3) is 0 Å². The summed E-state index contributed by atoms with van der Waals surface area (Å²) in [4.78, 5) is 4.12. The summed E-state index contributed by atoms with van der Waals surface area (Å²) in [5, 5.41) is 0. The Labute approximate surface area is 112 Å². The molecule has 0 amide bonds. The minimum atomic E-state index is -3.58. The summed E-state index contributed by atoms with van der Waals surface area (Å²) in [7, 11) is -0.550. The zero-order valence-corrected chi connectivity index (χ0v) is 11.5. The lowest BCUT2D eigenvalue weighted by atomic mass is 10.3. The lowest BCUT2D eigenvalue weighted by Crippen LogP contribution is -2.26. The summed E-state index contributed by atoms with van der Waals surface area (Å²) in [6.07, 6.45) is 3.10. The Morgan fingerprint density at radius 1 is 1.16 bits per heavy atom. The van der Waals surface area contributed by atoms with Crippen molar-refractivity contribution >= 4 is 15.7 Å². The summed E-state index contributed by atoms with van der Waals surface area (Å²) in [5.74, 6) is 0.614. The highest BCUT2D eigenvalue weighted by Gasteiger charge is 2.21. The van der Waals surface area contributed by atoms with Crippen LogP contribution in [0.15, 0.2) is 53.7 Å². The quantitative estimate of drug-likeness (QED) is 0.857. The molecule has 100 valence electrons. The minimum Gasteiger partial charge on any atom is -0.497 e. The van der Waals surface area contributed by atoms with E-state index in [9.17, 15) is 8.42 Å². The summed E-state index contributed by atoms with van der Waals surface area (Å²) in [6.45, 7) is 0. The monoisotopic (exact) mass is 278 g/mol. The Kier molecular flexibility index (Phi) is 3.71. The van der Waals surface area contributed by atoms with Crippen LogP contribution in [0.4, 0.5) is 5.69 Å². The van der Waals surface area contributed by atoms with Crippen LogP contribution < -0.4 is 9.04 Å². The van der Waals surface area contributed by atoms with Crippen molar-refractivity contribution in [3.63, 3.8) is 0 Å². The molecular weight excluding hydrogens is 264 g/mol. The van der Waals surface area contributed by atoms with Gasteiger partial charge in [0, 0.05) is 13.2 Å². The number of nitrogens with zero attached hydrogens (tertiary/aromatic N) is 2. The zero-order valence-electron chi connectivity index (χ0n) is 10.6. The fraction of sp³-hybridized carbons (Fsp3) is 0.154. The first-order valence-corrected chi connectivity index (χ1v) is 7.03. The molecule has 0 N–H and O–H groups in total. The van der Waals surface area contributed by atoms with Crippen molar-refractivity contribution in [2.75, 3.05) is 18.5 Å². The normalized spacial score (nSPS) is 11.1. The summed E-state index contributed by atoms with van der Waals surface area (Å²) in [5.41, 5.74) is 0.512. The van der Waals surface area contributed by atoms with Gasteiger partial charge in [0.2, 0.25) is 0 Å². The third kappa shape index (κ3) is 2.68. The molecule has 0 saturated carbocycles.